The SMILES string of the molecule is CCCC[C@H]1[C@@H]2C(S(=O)(=O)c3ccccc3)=NO[C@@H]2C=CN1C(C)=O. The van der Waals surface area contributed by atoms with Crippen molar-refractivity contribution in [1.29, 1.82) is 0 Å². The molecule has 0 aromatic heterocycles. The minimum Gasteiger partial charge on any atom is -0.387 e. The summed E-state index contributed by atoms with van der Waals surface area (Å²) in [5.74, 6) is -0.593. The Labute approximate surface area is 148 Å². The number of unbranched alkanes of at least 4 members (excludes halogenated alkanes) is 1. The molecule has 3 rings (SSSR count). The number of carbonyl (C=O) groups is 1. The molecule has 6 nitrogen and oxygen atoms in total. The Balaban J connectivity index is 2.00. The second-order valence-corrected chi connectivity index (χ2v) is 8.22. The average molecular weight is 362 g/mol. The van der Waals surface area contributed by atoms with Crippen LogP contribution in [0.5, 0.6) is 0 Å². The van der Waals surface area contributed by atoms with Crippen LogP contribution in [0.15, 0.2) is 52.7 Å². The Morgan fingerprint density at radius 3 is 2.64 bits per heavy atom. The van der Waals surface area contributed by atoms with Crippen molar-refractivity contribution in [2.24, 2.45) is 11.1 Å². The first kappa shape index (κ1) is 17.7. The Morgan fingerprint density at radius 2 is 2.00 bits per heavy atom. The van der Waals surface area contributed by atoms with Crippen LogP contribution in [0.4, 0.5) is 0 Å². The van der Waals surface area contributed by atoms with E-state index in [2.05, 4.69) is 12.1 Å². The Bertz CT molecular complexity index is 802. The third kappa shape index (κ3) is 3.20. The summed E-state index contributed by atoms with van der Waals surface area (Å²) in [5, 5.41) is 3.93. The molecule has 25 heavy (non-hydrogen) atoms. The molecule has 2 heterocycles. The van der Waals surface area contributed by atoms with Gasteiger partial charge in [-0.2, -0.15) is 0 Å². The van der Waals surface area contributed by atoms with Gasteiger partial charge in [-0.1, -0.05) is 43.1 Å². The number of sulfone groups is 1. The molecular weight excluding hydrogens is 340 g/mol. The topological polar surface area (TPSA) is 76.0 Å². The van der Waals surface area contributed by atoms with E-state index in [0.717, 1.165) is 12.8 Å². The normalized spacial score (nSPS) is 25.3. The lowest BCUT2D eigenvalue weighted by Gasteiger charge is -2.37. The number of nitrogens with zero attached hydrogens (tertiary/aromatic N) is 2. The van der Waals surface area contributed by atoms with Crippen molar-refractivity contribution < 1.29 is 18.0 Å². The van der Waals surface area contributed by atoms with Crippen molar-refractivity contribution in [1.82, 2.24) is 4.90 Å². The minimum atomic E-state index is -3.76. The van der Waals surface area contributed by atoms with E-state index in [1.54, 1.807) is 47.5 Å². The van der Waals surface area contributed by atoms with Gasteiger partial charge < -0.3 is 9.74 Å². The van der Waals surface area contributed by atoms with E-state index in [4.69, 9.17) is 4.84 Å². The molecule has 0 unspecified atom stereocenters. The number of carbonyl (C=O) groups excluding carboxylic acids is 1. The van der Waals surface area contributed by atoms with Crippen LogP contribution in [0, 0.1) is 5.92 Å². The molecule has 0 bridgehead atoms. The van der Waals surface area contributed by atoms with Gasteiger partial charge in [0.1, 0.15) is 0 Å². The van der Waals surface area contributed by atoms with Gasteiger partial charge in [-0.3, -0.25) is 4.79 Å². The zero-order chi connectivity index (χ0) is 18.0. The lowest BCUT2D eigenvalue weighted by molar-refractivity contribution is -0.129. The van der Waals surface area contributed by atoms with Gasteiger partial charge >= 0.3 is 0 Å². The molecule has 0 N–H and O–H groups in total. The number of hydrogen-bond acceptors (Lipinski definition) is 5. The molecule has 0 aliphatic carbocycles. The largest absolute Gasteiger partial charge is 0.387 e. The quantitative estimate of drug-likeness (QED) is 0.825. The zero-order valence-electron chi connectivity index (χ0n) is 14.3. The lowest BCUT2D eigenvalue weighted by Crippen LogP contribution is -2.50. The molecule has 1 amide bonds. The molecule has 3 atom stereocenters. The maximum Gasteiger partial charge on any atom is 0.223 e. The molecule has 7 heteroatoms. The summed E-state index contributed by atoms with van der Waals surface area (Å²) in [6.45, 7) is 3.55. The van der Waals surface area contributed by atoms with Crippen LogP contribution < -0.4 is 0 Å². The monoisotopic (exact) mass is 362 g/mol. The number of rotatable bonds is 4. The number of hydrogen-bond donors (Lipinski definition) is 0. The summed E-state index contributed by atoms with van der Waals surface area (Å²) in [4.78, 5) is 19.2. The van der Waals surface area contributed by atoms with E-state index in [1.165, 1.54) is 6.92 Å². The molecule has 134 valence electrons. The van der Waals surface area contributed by atoms with E-state index in [0.29, 0.717) is 6.42 Å². The summed E-state index contributed by atoms with van der Waals surface area (Å²) in [6, 6.07) is 7.95. The van der Waals surface area contributed by atoms with E-state index in [9.17, 15) is 13.2 Å². The summed E-state index contributed by atoms with van der Waals surface area (Å²) in [7, 11) is -3.76. The third-order valence-corrected chi connectivity index (χ3v) is 6.45. The van der Waals surface area contributed by atoms with Crippen LogP contribution in [0.1, 0.15) is 33.1 Å². The molecule has 2 aliphatic rings. The highest BCUT2D eigenvalue weighted by Gasteiger charge is 2.49. The fourth-order valence-electron chi connectivity index (χ4n) is 3.40. The maximum absolute atomic E-state index is 13.0. The van der Waals surface area contributed by atoms with Gasteiger partial charge in [0.2, 0.25) is 15.7 Å². The van der Waals surface area contributed by atoms with Crippen molar-refractivity contribution in [2.75, 3.05) is 0 Å². The van der Waals surface area contributed by atoms with E-state index in [1.807, 2.05) is 0 Å². The number of benzene rings is 1. The van der Waals surface area contributed by atoms with Crippen molar-refractivity contribution in [3.63, 3.8) is 0 Å². The van der Waals surface area contributed by atoms with E-state index in [-0.39, 0.29) is 21.9 Å². The minimum absolute atomic E-state index is 0.0143. The Kier molecular flexibility index (Phi) is 4.94. The molecule has 0 saturated carbocycles. The van der Waals surface area contributed by atoms with Crippen LogP contribution in [0.3, 0.4) is 0 Å². The van der Waals surface area contributed by atoms with Crippen LogP contribution >= 0.6 is 0 Å². The van der Waals surface area contributed by atoms with Crippen molar-refractivity contribution in [2.45, 2.75) is 50.2 Å². The summed E-state index contributed by atoms with van der Waals surface area (Å²) < 4.78 is 26.1. The highest BCUT2D eigenvalue weighted by Crippen LogP contribution is 2.36. The maximum atomic E-state index is 13.0. The van der Waals surface area contributed by atoms with E-state index < -0.39 is 21.9 Å². The molecular formula is C18H22N2O4S. The second-order valence-electron chi connectivity index (χ2n) is 6.32. The molecule has 0 radical (unpaired) electrons. The molecule has 1 aromatic carbocycles. The highest BCUT2D eigenvalue weighted by atomic mass is 32.2. The predicted molar refractivity (Wildman–Crippen MR) is 94.4 cm³/mol. The summed E-state index contributed by atoms with van der Waals surface area (Å²) >= 11 is 0. The summed E-state index contributed by atoms with van der Waals surface area (Å²) in [6.07, 6.45) is 5.51. The molecule has 0 spiro atoms. The Morgan fingerprint density at radius 1 is 1.28 bits per heavy atom. The third-order valence-electron chi connectivity index (χ3n) is 4.66. The van der Waals surface area contributed by atoms with Crippen molar-refractivity contribution >= 4 is 20.8 Å². The van der Waals surface area contributed by atoms with Gasteiger partial charge in [-0.25, -0.2) is 8.42 Å². The standard InChI is InChI=1S/C18H22N2O4S/c1-3-4-10-15-17-16(11-12-20(15)13(2)21)24-19-18(17)25(22,23)14-8-6-5-7-9-14/h5-9,11-12,15-17H,3-4,10H2,1-2H3/t15-,16+,17-/m0/s1. The smallest absolute Gasteiger partial charge is 0.223 e. The lowest BCUT2D eigenvalue weighted by atomic mass is 9.87. The van der Waals surface area contributed by atoms with Crippen LogP contribution in [0.25, 0.3) is 0 Å². The van der Waals surface area contributed by atoms with Crippen LogP contribution in [0.2, 0.25) is 0 Å². The fourth-order valence-corrected chi connectivity index (χ4v) is 4.95. The molecule has 0 fully saturated rings. The van der Waals surface area contributed by atoms with Gasteiger partial charge in [-0.05, 0) is 24.6 Å². The fraction of sp³-hybridized carbons (Fsp3) is 0.444. The first-order valence-corrected chi connectivity index (χ1v) is 9.96. The second kappa shape index (κ2) is 7.00. The van der Waals surface area contributed by atoms with Crippen molar-refractivity contribution in [3.05, 3.63) is 42.6 Å². The van der Waals surface area contributed by atoms with Gasteiger partial charge in [0.05, 0.1) is 10.8 Å². The first-order chi connectivity index (χ1) is 12.0. The predicted octanol–water partition coefficient (Wildman–Crippen LogP) is 2.72. The van der Waals surface area contributed by atoms with Gasteiger partial charge in [0.15, 0.2) is 11.1 Å². The van der Waals surface area contributed by atoms with Crippen LogP contribution in [-0.4, -0.2) is 36.4 Å². The molecule has 0 saturated heterocycles. The molecule has 2 aliphatic heterocycles. The number of amides is 1. The average Bonchev–Trinajstić information content (AvgIpc) is 3.05. The number of oxime groups is 1. The zero-order valence-corrected chi connectivity index (χ0v) is 15.1. The summed E-state index contributed by atoms with van der Waals surface area (Å²) in [5.41, 5.74) is 0. The van der Waals surface area contributed by atoms with Gasteiger partial charge in [0.25, 0.3) is 0 Å². The van der Waals surface area contributed by atoms with Crippen LogP contribution in [-0.2, 0) is 19.5 Å². The molecule has 1 aromatic rings. The van der Waals surface area contributed by atoms with Gasteiger partial charge in [0, 0.05) is 19.2 Å². The van der Waals surface area contributed by atoms with Gasteiger partial charge in [-0.15, -0.1) is 0 Å². The highest BCUT2D eigenvalue weighted by molar-refractivity contribution is 8.06. The van der Waals surface area contributed by atoms with E-state index >= 15 is 0 Å². The first-order valence-electron chi connectivity index (χ1n) is 8.48. The van der Waals surface area contributed by atoms with Crippen molar-refractivity contribution in [3.8, 4) is 0 Å². The Hall–Kier alpha value is -2.15. The number of fused-ring (bicyclic) bond motifs is 1.